The van der Waals surface area contributed by atoms with Crippen molar-refractivity contribution in [2.24, 2.45) is 0 Å². The molecule has 0 fully saturated rings. The zero-order valence-corrected chi connectivity index (χ0v) is 19.3. The van der Waals surface area contributed by atoms with Gasteiger partial charge in [0.2, 0.25) is 0 Å². The molecule has 0 atom stereocenters. The lowest BCUT2D eigenvalue weighted by Gasteiger charge is -2.30. The van der Waals surface area contributed by atoms with Crippen molar-refractivity contribution in [3.05, 3.63) is 74.2 Å². The van der Waals surface area contributed by atoms with Crippen molar-refractivity contribution in [1.82, 2.24) is 19.1 Å². The van der Waals surface area contributed by atoms with Crippen LogP contribution in [0.4, 0.5) is 5.82 Å². The maximum atomic E-state index is 12.8. The Kier molecular flexibility index (Phi) is 5.82. The number of aromatic nitrogens is 3. The number of halogens is 1. The molecule has 0 unspecified atom stereocenters. The molecule has 162 valence electrons. The fraction of sp³-hybridized carbons (Fsp3) is 0.250. The van der Waals surface area contributed by atoms with E-state index in [0.29, 0.717) is 17.9 Å². The summed E-state index contributed by atoms with van der Waals surface area (Å²) in [6.07, 6.45) is 1.83. The molecule has 3 heterocycles. The predicted molar refractivity (Wildman–Crippen MR) is 120 cm³/mol. The number of ether oxygens (including phenoxy) is 1. The predicted octanol–water partition coefficient (Wildman–Crippen LogP) is 2.42. The lowest BCUT2D eigenvalue weighted by atomic mass is 10.1. The van der Waals surface area contributed by atoms with Crippen molar-refractivity contribution in [1.29, 1.82) is 0 Å². The fourth-order valence-corrected chi connectivity index (χ4v) is 5.01. The van der Waals surface area contributed by atoms with Crippen LogP contribution >= 0.6 is 15.9 Å². The Bertz CT molecular complexity index is 1290. The van der Waals surface area contributed by atoms with Gasteiger partial charge in [-0.05, 0) is 42.3 Å². The van der Waals surface area contributed by atoms with Crippen LogP contribution in [0, 0.1) is 6.92 Å². The summed E-state index contributed by atoms with van der Waals surface area (Å²) in [5, 5.41) is 7.46. The number of methoxy groups -OCH3 is 1. The van der Waals surface area contributed by atoms with Crippen molar-refractivity contribution in [3.63, 3.8) is 0 Å². The van der Waals surface area contributed by atoms with E-state index in [-0.39, 0.29) is 24.5 Å². The number of benzene rings is 1. The monoisotopic (exact) mass is 505 g/mol. The second-order valence-corrected chi connectivity index (χ2v) is 9.58. The Morgan fingerprint density at radius 3 is 2.74 bits per heavy atom. The molecular weight excluding hydrogens is 486 g/mol. The lowest BCUT2D eigenvalue weighted by molar-refractivity contribution is 0.385. The van der Waals surface area contributed by atoms with Gasteiger partial charge in [-0.3, -0.25) is 14.1 Å². The fourth-order valence-electron chi connectivity index (χ4n) is 3.54. The highest BCUT2D eigenvalue weighted by atomic mass is 79.9. The molecule has 3 aromatic rings. The first-order valence-electron chi connectivity index (χ1n) is 9.44. The third kappa shape index (κ3) is 4.21. The molecule has 1 aromatic carbocycles. The van der Waals surface area contributed by atoms with Crippen molar-refractivity contribution in [3.8, 4) is 11.4 Å². The number of pyridine rings is 1. The summed E-state index contributed by atoms with van der Waals surface area (Å²) in [6.45, 7) is 2.27. The molecule has 0 spiro atoms. The summed E-state index contributed by atoms with van der Waals surface area (Å²) >= 11 is 3.49. The minimum atomic E-state index is -3.83. The van der Waals surface area contributed by atoms with Gasteiger partial charge in [-0.25, -0.2) is 0 Å². The van der Waals surface area contributed by atoms with E-state index in [1.165, 1.54) is 22.6 Å². The molecule has 11 heteroatoms. The standard InChI is InChI=1S/C20H20BrN5O4S/c1-13-10-17(18(30-2)11-15(13)21)26-16-7-9-25(12-14(16)5-6-20(26)27)31(28,29)24-19-4-3-8-22-23-19/h3-6,8,10-11H,7,9,12H2,1-2H3,(H,23,24). The molecule has 1 aliphatic rings. The summed E-state index contributed by atoms with van der Waals surface area (Å²) in [5.74, 6) is 0.695. The van der Waals surface area contributed by atoms with Gasteiger partial charge >= 0.3 is 10.2 Å². The summed E-state index contributed by atoms with van der Waals surface area (Å²) in [6, 6.07) is 9.95. The average molecular weight is 506 g/mol. The van der Waals surface area contributed by atoms with Crippen molar-refractivity contribution < 1.29 is 13.2 Å². The summed E-state index contributed by atoms with van der Waals surface area (Å²) in [4.78, 5) is 12.8. The Morgan fingerprint density at radius 1 is 1.23 bits per heavy atom. The average Bonchev–Trinajstić information content (AvgIpc) is 2.75. The zero-order chi connectivity index (χ0) is 22.2. The van der Waals surface area contributed by atoms with E-state index in [2.05, 4.69) is 30.8 Å². The highest BCUT2D eigenvalue weighted by molar-refractivity contribution is 9.10. The quantitative estimate of drug-likeness (QED) is 0.570. The van der Waals surface area contributed by atoms with E-state index in [1.807, 2.05) is 19.1 Å². The van der Waals surface area contributed by atoms with Gasteiger partial charge < -0.3 is 4.74 Å². The molecular formula is C20H20BrN5O4S. The molecule has 9 nitrogen and oxygen atoms in total. The second kappa shape index (κ2) is 8.40. The van der Waals surface area contributed by atoms with Crippen LogP contribution in [0.2, 0.25) is 0 Å². The Labute approximate surface area is 188 Å². The molecule has 1 N–H and O–H groups in total. The van der Waals surface area contributed by atoms with Gasteiger partial charge in [-0.15, -0.1) is 5.10 Å². The maximum Gasteiger partial charge on any atom is 0.303 e. The van der Waals surface area contributed by atoms with Gasteiger partial charge in [-0.2, -0.15) is 17.8 Å². The van der Waals surface area contributed by atoms with E-state index in [4.69, 9.17) is 4.74 Å². The topological polar surface area (TPSA) is 106 Å². The number of rotatable bonds is 5. The summed E-state index contributed by atoms with van der Waals surface area (Å²) in [7, 11) is -2.28. The first-order valence-corrected chi connectivity index (χ1v) is 11.7. The van der Waals surface area contributed by atoms with Crippen LogP contribution in [0.15, 0.2) is 51.9 Å². The SMILES string of the molecule is COc1cc(Br)c(C)cc1-n1c2c(ccc1=O)CN(S(=O)(=O)Nc1cccnn1)CC2. The lowest BCUT2D eigenvalue weighted by Crippen LogP contribution is -2.41. The Hall–Kier alpha value is -2.76. The number of nitrogens with one attached hydrogen (secondary N) is 1. The molecule has 4 rings (SSSR count). The molecule has 0 saturated heterocycles. The summed E-state index contributed by atoms with van der Waals surface area (Å²) < 4.78 is 37.4. The molecule has 1 aliphatic heterocycles. The van der Waals surface area contributed by atoms with E-state index >= 15 is 0 Å². The number of hydrogen-bond acceptors (Lipinski definition) is 6. The van der Waals surface area contributed by atoms with Gasteiger partial charge in [0.1, 0.15) is 5.75 Å². The normalized spacial score (nSPS) is 14.2. The van der Waals surface area contributed by atoms with Gasteiger partial charge in [-0.1, -0.05) is 22.0 Å². The van der Waals surface area contributed by atoms with Crippen LogP contribution in [-0.2, 0) is 23.2 Å². The minimum Gasteiger partial charge on any atom is -0.495 e. The summed E-state index contributed by atoms with van der Waals surface area (Å²) in [5.41, 5.74) is 2.89. The number of nitrogens with zero attached hydrogens (tertiary/aromatic N) is 4. The largest absolute Gasteiger partial charge is 0.495 e. The molecule has 0 saturated carbocycles. The van der Waals surface area contributed by atoms with Crippen molar-refractivity contribution in [2.75, 3.05) is 18.4 Å². The van der Waals surface area contributed by atoms with Gasteiger partial charge in [0.15, 0.2) is 5.82 Å². The number of aryl methyl sites for hydroxylation is 1. The van der Waals surface area contributed by atoms with Crippen molar-refractivity contribution >= 4 is 32.0 Å². The highest BCUT2D eigenvalue weighted by Gasteiger charge is 2.29. The van der Waals surface area contributed by atoms with E-state index in [0.717, 1.165) is 21.3 Å². The first-order chi connectivity index (χ1) is 14.8. The zero-order valence-electron chi connectivity index (χ0n) is 16.9. The number of anilines is 1. The Balaban J connectivity index is 1.72. The van der Waals surface area contributed by atoms with Crippen molar-refractivity contribution in [2.45, 2.75) is 19.9 Å². The second-order valence-electron chi connectivity index (χ2n) is 7.05. The molecule has 0 radical (unpaired) electrons. The van der Waals surface area contributed by atoms with Crippen LogP contribution in [0.1, 0.15) is 16.8 Å². The number of fused-ring (bicyclic) bond motifs is 1. The first kappa shape index (κ1) is 21.5. The molecule has 31 heavy (non-hydrogen) atoms. The van der Waals surface area contributed by atoms with Gasteiger partial charge in [0.05, 0.1) is 12.8 Å². The smallest absolute Gasteiger partial charge is 0.303 e. The molecule has 0 amide bonds. The third-order valence-electron chi connectivity index (χ3n) is 5.08. The highest BCUT2D eigenvalue weighted by Crippen LogP contribution is 2.31. The van der Waals surface area contributed by atoms with Crippen LogP contribution in [0.5, 0.6) is 5.75 Å². The maximum absolute atomic E-state index is 12.8. The number of hydrogen-bond donors (Lipinski definition) is 1. The molecule has 2 aromatic heterocycles. The van der Waals surface area contributed by atoms with Gasteiger partial charge in [0, 0.05) is 41.9 Å². The van der Waals surface area contributed by atoms with E-state index < -0.39 is 10.2 Å². The van der Waals surface area contributed by atoms with Crippen LogP contribution in [0.3, 0.4) is 0 Å². The molecule has 0 aliphatic carbocycles. The van der Waals surface area contributed by atoms with E-state index in [1.54, 1.807) is 23.8 Å². The minimum absolute atomic E-state index is 0.128. The van der Waals surface area contributed by atoms with E-state index in [9.17, 15) is 13.2 Å². The molecule has 0 bridgehead atoms. The van der Waals surface area contributed by atoms with Gasteiger partial charge in [0.25, 0.3) is 5.56 Å². The van der Waals surface area contributed by atoms with Crippen LogP contribution in [0.25, 0.3) is 5.69 Å². The Morgan fingerprint density at radius 2 is 2.03 bits per heavy atom. The van der Waals surface area contributed by atoms with Crippen LogP contribution < -0.4 is 15.0 Å². The third-order valence-corrected chi connectivity index (χ3v) is 7.39. The van der Waals surface area contributed by atoms with Crippen LogP contribution in [-0.4, -0.2) is 41.1 Å².